The number of nitrogens with zero attached hydrogens (tertiary/aromatic N) is 3. The van der Waals surface area contributed by atoms with E-state index >= 15 is 0 Å². The Morgan fingerprint density at radius 2 is 1.78 bits per heavy atom. The van der Waals surface area contributed by atoms with E-state index in [2.05, 4.69) is 16.3 Å². The Morgan fingerprint density at radius 1 is 1.07 bits per heavy atom. The number of piperidine rings is 1. The van der Waals surface area contributed by atoms with E-state index in [9.17, 15) is 14.9 Å². The van der Waals surface area contributed by atoms with Gasteiger partial charge in [0, 0.05) is 19.6 Å². The summed E-state index contributed by atoms with van der Waals surface area (Å²) >= 11 is 0. The minimum Gasteiger partial charge on any atom is -0.378 e. The number of morpholine rings is 1. The van der Waals surface area contributed by atoms with Gasteiger partial charge in [-0.25, -0.2) is 0 Å². The molecule has 1 N–H and O–H groups in total. The van der Waals surface area contributed by atoms with Crippen LogP contribution in [0, 0.1) is 17.2 Å². The van der Waals surface area contributed by atoms with Crippen molar-refractivity contribution in [1.29, 1.82) is 5.26 Å². The zero-order valence-corrected chi connectivity index (χ0v) is 16.3. The fraction of sp³-hybridized carbons (Fsp3) is 0.850. The van der Waals surface area contributed by atoms with Crippen molar-refractivity contribution in [1.82, 2.24) is 15.1 Å². The first-order valence-electron chi connectivity index (χ1n) is 10.4. The summed E-state index contributed by atoms with van der Waals surface area (Å²) in [5.74, 6) is 0.0750. The second-order valence-electron chi connectivity index (χ2n) is 8.17. The van der Waals surface area contributed by atoms with Crippen molar-refractivity contribution in [2.45, 2.75) is 56.9 Å². The van der Waals surface area contributed by atoms with Gasteiger partial charge in [-0.2, -0.15) is 5.26 Å². The van der Waals surface area contributed by atoms with Gasteiger partial charge in [0.15, 0.2) is 0 Å². The maximum absolute atomic E-state index is 12.7. The van der Waals surface area contributed by atoms with Gasteiger partial charge in [0.25, 0.3) is 0 Å². The Labute approximate surface area is 162 Å². The molecule has 0 bridgehead atoms. The average molecular weight is 377 g/mol. The van der Waals surface area contributed by atoms with E-state index in [4.69, 9.17) is 4.74 Å². The van der Waals surface area contributed by atoms with E-state index in [-0.39, 0.29) is 24.3 Å². The average Bonchev–Trinajstić information content (AvgIpc) is 2.94. The van der Waals surface area contributed by atoms with Crippen LogP contribution in [0.5, 0.6) is 0 Å². The topological polar surface area (TPSA) is 85.7 Å². The lowest BCUT2D eigenvalue weighted by Crippen LogP contribution is -2.53. The van der Waals surface area contributed by atoms with Crippen molar-refractivity contribution in [2.24, 2.45) is 5.92 Å². The molecule has 7 heteroatoms. The lowest BCUT2D eigenvalue weighted by atomic mass is 9.91. The van der Waals surface area contributed by atoms with Crippen molar-refractivity contribution in [3.63, 3.8) is 0 Å². The minimum atomic E-state index is -0.702. The maximum Gasteiger partial charge on any atom is 0.235 e. The van der Waals surface area contributed by atoms with Crippen LogP contribution in [0.15, 0.2) is 0 Å². The molecule has 0 aromatic rings. The third-order valence-electron chi connectivity index (χ3n) is 6.09. The van der Waals surface area contributed by atoms with Crippen LogP contribution >= 0.6 is 0 Å². The first-order chi connectivity index (χ1) is 13.1. The van der Waals surface area contributed by atoms with Crippen molar-refractivity contribution in [3.8, 4) is 6.07 Å². The summed E-state index contributed by atoms with van der Waals surface area (Å²) in [6.07, 6.45) is 7.56. The fourth-order valence-electron chi connectivity index (χ4n) is 4.55. The molecule has 2 aliphatic heterocycles. The molecule has 0 aromatic heterocycles. The zero-order valence-electron chi connectivity index (χ0n) is 16.3. The van der Waals surface area contributed by atoms with Crippen molar-refractivity contribution in [2.75, 3.05) is 45.9 Å². The lowest BCUT2D eigenvalue weighted by molar-refractivity contribution is -0.142. The Kier molecular flexibility index (Phi) is 7.08. The van der Waals surface area contributed by atoms with Crippen molar-refractivity contribution in [3.05, 3.63) is 0 Å². The molecular formula is C20H32N4O3. The van der Waals surface area contributed by atoms with Crippen LogP contribution in [0.2, 0.25) is 0 Å². The second-order valence-corrected chi connectivity index (χ2v) is 8.17. The molecule has 1 aliphatic carbocycles. The van der Waals surface area contributed by atoms with Gasteiger partial charge < -0.3 is 15.0 Å². The highest BCUT2D eigenvalue weighted by Gasteiger charge is 2.34. The summed E-state index contributed by atoms with van der Waals surface area (Å²) in [6, 6.07) is 2.37. The first kappa shape index (κ1) is 20.1. The van der Waals surface area contributed by atoms with Gasteiger partial charge in [-0.05, 0) is 32.2 Å². The number of hydrogen-bond donors (Lipinski definition) is 1. The van der Waals surface area contributed by atoms with Crippen LogP contribution in [0.3, 0.4) is 0 Å². The molecule has 2 amide bonds. The maximum atomic E-state index is 12.7. The normalized spacial score (nSPS) is 26.6. The van der Waals surface area contributed by atoms with Gasteiger partial charge in [-0.1, -0.05) is 25.7 Å². The molecule has 7 nitrogen and oxygen atoms in total. The first-order valence-corrected chi connectivity index (χ1v) is 10.4. The molecule has 0 aromatic carbocycles. The highest BCUT2D eigenvalue weighted by atomic mass is 16.5. The molecule has 27 heavy (non-hydrogen) atoms. The molecular weight excluding hydrogens is 344 g/mol. The Morgan fingerprint density at radius 3 is 2.44 bits per heavy atom. The molecule has 1 atom stereocenters. The third-order valence-corrected chi connectivity index (χ3v) is 6.09. The molecule has 1 saturated carbocycles. The predicted octanol–water partition coefficient (Wildman–Crippen LogP) is 1.29. The summed E-state index contributed by atoms with van der Waals surface area (Å²) < 4.78 is 5.33. The van der Waals surface area contributed by atoms with Gasteiger partial charge in [-0.15, -0.1) is 0 Å². The number of likely N-dealkylation sites (tertiary alicyclic amines) is 1. The van der Waals surface area contributed by atoms with Crippen LogP contribution < -0.4 is 5.32 Å². The number of nitrogens with one attached hydrogen (secondary N) is 1. The SMILES string of the molecule is N#CC1(NC(=O)CN2CCCC(C(=O)N3CCOCC3)C2)CCCCCC1. The van der Waals surface area contributed by atoms with Gasteiger partial charge >= 0.3 is 0 Å². The van der Waals surface area contributed by atoms with E-state index < -0.39 is 5.54 Å². The number of carbonyl (C=O) groups is 2. The molecule has 0 radical (unpaired) electrons. The van der Waals surface area contributed by atoms with E-state index in [0.29, 0.717) is 32.8 Å². The molecule has 3 fully saturated rings. The van der Waals surface area contributed by atoms with Crippen LogP contribution in [0.4, 0.5) is 0 Å². The molecule has 3 rings (SSSR count). The minimum absolute atomic E-state index is 0.0348. The summed E-state index contributed by atoms with van der Waals surface area (Å²) in [7, 11) is 0. The van der Waals surface area contributed by atoms with Crippen molar-refractivity contribution < 1.29 is 14.3 Å². The number of nitriles is 1. The van der Waals surface area contributed by atoms with Gasteiger partial charge in [0.1, 0.15) is 5.54 Å². The lowest BCUT2D eigenvalue weighted by Gasteiger charge is -2.36. The molecule has 3 aliphatic rings. The van der Waals surface area contributed by atoms with Crippen LogP contribution in [0.25, 0.3) is 0 Å². The second kappa shape index (κ2) is 9.52. The molecule has 2 heterocycles. The molecule has 150 valence electrons. The van der Waals surface area contributed by atoms with E-state index in [1.165, 1.54) is 0 Å². The van der Waals surface area contributed by atoms with Gasteiger partial charge in [0.05, 0.1) is 31.7 Å². The van der Waals surface area contributed by atoms with Gasteiger partial charge in [-0.3, -0.25) is 14.5 Å². The Balaban J connectivity index is 1.51. The highest BCUT2D eigenvalue weighted by molar-refractivity contribution is 5.81. The molecule has 2 saturated heterocycles. The van der Waals surface area contributed by atoms with E-state index in [1.807, 2.05) is 4.90 Å². The van der Waals surface area contributed by atoms with E-state index in [1.54, 1.807) is 0 Å². The summed E-state index contributed by atoms with van der Waals surface area (Å²) in [6.45, 7) is 4.29. The zero-order chi connectivity index (χ0) is 19.1. The number of amides is 2. The highest BCUT2D eigenvalue weighted by Crippen LogP contribution is 2.27. The monoisotopic (exact) mass is 376 g/mol. The number of rotatable bonds is 4. The Hall–Kier alpha value is -1.65. The van der Waals surface area contributed by atoms with Crippen LogP contribution in [-0.4, -0.2) is 73.1 Å². The van der Waals surface area contributed by atoms with Crippen LogP contribution in [0.1, 0.15) is 51.4 Å². The van der Waals surface area contributed by atoms with Gasteiger partial charge in [0.2, 0.25) is 11.8 Å². The summed E-state index contributed by atoms with van der Waals surface area (Å²) in [5, 5.41) is 12.7. The third kappa shape index (κ3) is 5.43. The van der Waals surface area contributed by atoms with Crippen molar-refractivity contribution >= 4 is 11.8 Å². The van der Waals surface area contributed by atoms with E-state index in [0.717, 1.165) is 57.9 Å². The molecule has 1 unspecified atom stereocenters. The molecule has 0 spiro atoms. The summed E-state index contributed by atoms with van der Waals surface area (Å²) in [4.78, 5) is 29.3. The smallest absolute Gasteiger partial charge is 0.235 e. The fourth-order valence-corrected chi connectivity index (χ4v) is 4.55. The number of ether oxygens (including phenoxy) is 1. The quantitative estimate of drug-likeness (QED) is 0.747. The number of carbonyl (C=O) groups excluding carboxylic acids is 2. The number of hydrogen-bond acceptors (Lipinski definition) is 5. The van der Waals surface area contributed by atoms with Crippen LogP contribution in [-0.2, 0) is 14.3 Å². The summed E-state index contributed by atoms with van der Waals surface area (Å²) in [5.41, 5.74) is -0.702. The standard InChI is InChI=1S/C20H32N4O3/c21-16-20(7-3-1-2-4-8-20)22-18(25)15-23-9-5-6-17(14-23)19(26)24-10-12-27-13-11-24/h17H,1-15H2,(H,22,25). The Bertz CT molecular complexity index is 560. The predicted molar refractivity (Wildman–Crippen MR) is 101 cm³/mol. The largest absolute Gasteiger partial charge is 0.378 e.